The Labute approximate surface area is 197 Å². The molecular formula is C25H41N5O3. The van der Waals surface area contributed by atoms with E-state index in [1.54, 1.807) is 10.9 Å². The third kappa shape index (κ3) is 6.08. The fraction of sp³-hybridized carbons (Fsp3) is 0.800. The molecule has 3 atom stereocenters. The highest BCUT2D eigenvalue weighted by Gasteiger charge is 2.35. The van der Waals surface area contributed by atoms with Gasteiger partial charge in [0.05, 0.1) is 12.8 Å². The van der Waals surface area contributed by atoms with Gasteiger partial charge >= 0.3 is 0 Å². The number of ether oxygens (including phenoxy) is 1. The van der Waals surface area contributed by atoms with E-state index in [-0.39, 0.29) is 24.4 Å². The molecule has 33 heavy (non-hydrogen) atoms. The summed E-state index contributed by atoms with van der Waals surface area (Å²) in [5.41, 5.74) is 0.423. The quantitative estimate of drug-likeness (QED) is 0.624. The maximum absolute atomic E-state index is 13.3. The molecule has 0 aromatic carbocycles. The van der Waals surface area contributed by atoms with E-state index < -0.39 is 0 Å². The van der Waals surface area contributed by atoms with Crippen LogP contribution in [0, 0.1) is 23.7 Å². The van der Waals surface area contributed by atoms with Gasteiger partial charge in [0.15, 0.2) is 0 Å². The molecule has 2 amide bonds. The Kier molecular flexibility index (Phi) is 7.94. The molecule has 1 aromatic heterocycles. The molecule has 3 aliphatic rings. The molecule has 3 unspecified atom stereocenters. The van der Waals surface area contributed by atoms with Crippen LogP contribution >= 0.6 is 0 Å². The summed E-state index contributed by atoms with van der Waals surface area (Å²) in [7, 11) is 0. The Morgan fingerprint density at radius 1 is 1.15 bits per heavy atom. The molecule has 2 bridgehead atoms. The molecule has 4 rings (SSSR count). The second kappa shape index (κ2) is 10.9. The molecule has 2 aliphatic carbocycles. The van der Waals surface area contributed by atoms with Crippen LogP contribution in [0.2, 0.25) is 0 Å². The van der Waals surface area contributed by atoms with Crippen LogP contribution in [-0.2, 0) is 11.3 Å². The normalized spacial score (nSPS) is 26.2. The Morgan fingerprint density at radius 3 is 2.52 bits per heavy atom. The number of carbonyl (C=O) groups is 2. The van der Waals surface area contributed by atoms with Gasteiger partial charge in [-0.15, -0.1) is 0 Å². The second-order valence-electron chi connectivity index (χ2n) is 10.7. The SMILES string of the molecule is CC(C)COc1c(C(=O)NC(C)C2CC3CCCC(C3)C2)cnn1CC(=O)N1CCNCC1. The van der Waals surface area contributed by atoms with Gasteiger partial charge < -0.3 is 20.3 Å². The Balaban J connectivity index is 1.43. The van der Waals surface area contributed by atoms with Crippen LogP contribution in [0.4, 0.5) is 0 Å². The predicted molar refractivity (Wildman–Crippen MR) is 127 cm³/mol. The largest absolute Gasteiger partial charge is 0.477 e. The molecule has 0 spiro atoms. The molecule has 0 radical (unpaired) electrons. The van der Waals surface area contributed by atoms with E-state index in [0.29, 0.717) is 43.0 Å². The molecule has 2 heterocycles. The van der Waals surface area contributed by atoms with Gasteiger partial charge in [-0.1, -0.05) is 33.1 Å². The number of hydrogen-bond donors (Lipinski definition) is 2. The minimum atomic E-state index is -0.155. The Morgan fingerprint density at radius 2 is 1.85 bits per heavy atom. The van der Waals surface area contributed by atoms with Crippen molar-refractivity contribution in [2.75, 3.05) is 32.8 Å². The summed E-state index contributed by atoms with van der Waals surface area (Å²) in [5.74, 6) is 2.73. The van der Waals surface area contributed by atoms with E-state index in [1.807, 2.05) is 4.90 Å². The molecule has 8 nitrogen and oxygen atoms in total. The van der Waals surface area contributed by atoms with Crippen molar-refractivity contribution in [3.63, 3.8) is 0 Å². The molecule has 184 valence electrons. The third-order valence-corrected chi connectivity index (χ3v) is 7.57. The molecule has 1 aromatic rings. The number of rotatable bonds is 8. The molecule has 1 saturated heterocycles. The van der Waals surface area contributed by atoms with Gasteiger partial charge in [-0.2, -0.15) is 5.10 Å². The lowest BCUT2D eigenvalue weighted by Gasteiger charge is -2.41. The number of nitrogens with one attached hydrogen (secondary N) is 2. The number of nitrogens with zero attached hydrogens (tertiary/aromatic N) is 3. The van der Waals surface area contributed by atoms with Gasteiger partial charge in [0.1, 0.15) is 12.1 Å². The number of amides is 2. The highest BCUT2D eigenvalue weighted by Crippen LogP contribution is 2.43. The first-order chi connectivity index (χ1) is 15.9. The van der Waals surface area contributed by atoms with Crippen molar-refractivity contribution < 1.29 is 14.3 Å². The van der Waals surface area contributed by atoms with Crippen LogP contribution < -0.4 is 15.4 Å². The molecule has 8 heteroatoms. The average molecular weight is 460 g/mol. The van der Waals surface area contributed by atoms with Crippen LogP contribution in [0.15, 0.2) is 6.20 Å². The minimum absolute atomic E-state index is 0.00284. The fourth-order valence-electron chi connectivity index (χ4n) is 5.78. The van der Waals surface area contributed by atoms with E-state index in [4.69, 9.17) is 4.74 Å². The zero-order valence-corrected chi connectivity index (χ0v) is 20.5. The van der Waals surface area contributed by atoms with Crippen LogP contribution in [0.25, 0.3) is 0 Å². The van der Waals surface area contributed by atoms with Gasteiger partial charge in [0.2, 0.25) is 11.8 Å². The van der Waals surface area contributed by atoms with E-state index in [2.05, 4.69) is 36.5 Å². The van der Waals surface area contributed by atoms with Crippen LogP contribution in [-0.4, -0.2) is 65.3 Å². The lowest BCUT2D eigenvalue weighted by atomic mass is 9.66. The van der Waals surface area contributed by atoms with E-state index in [9.17, 15) is 9.59 Å². The van der Waals surface area contributed by atoms with Crippen LogP contribution in [0.3, 0.4) is 0 Å². The maximum Gasteiger partial charge on any atom is 0.258 e. The summed E-state index contributed by atoms with van der Waals surface area (Å²) in [6.07, 6.45) is 9.41. The lowest BCUT2D eigenvalue weighted by Crippen LogP contribution is -2.47. The smallest absolute Gasteiger partial charge is 0.258 e. The summed E-state index contributed by atoms with van der Waals surface area (Å²) >= 11 is 0. The van der Waals surface area contributed by atoms with Gasteiger partial charge in [0, 0.05) is 32.2 Å². The van der Waals surface area contributed by atoms with Gasteiger partial charge in [0.25, 0.3) is 5.91 Å². The molecule has 3 fully saturated rings. The van der Waals surface area contributed by atoms with Crippen LogP contribution in [0.1, 0.15) is 69.7 Å². The van der Waals surface area contributed by atoms with Crippen LogP contribution in [0.5, 0.6) is 5.88 Å². The lowest BCUT2D eigenvalue weighted by molar-refractivity contribution is -0.132. The van der Waals surface area contributed by atoms with Crippen molar-refractivity contribution >= 4 is 11.8 Å². The molecule has 2 N–H and O–H groups in total. The zero-order chi connectivity index (χ0) is 23.4. The maximum atomic E-state index is 13.3. The number of carbonyl (C=O) groups excluding carboxylic acids is 2. The van der Waals surface area contributed by atoms with Crippen molar-refractivity contribution in [3.05, 3.63) is 11.8 Å². The zero-order valence-electron chi connectivity index (χ0n) is 20.5. The standard InChI is InChI=1S/C25H41N5O3/c1-17(2)16-33-25-22(14-27-30(25)15-23(31)29-9-7-26-8-10-29)24(32)28-18(3)21-12-19-5-4-6-20(11-19)13-21/h14,17-21,26H,4-13,15-16H2,1-3H3,(H,28,32). The molecule has 2 saturated carbocycles. The van der Waals surface area contributed by atoms with Crippen molar-refractivity contribution in [1.82, 2.24) is 25.3 Å². The number of fused-ring (bicyclic) bond motifs is 2. The summed E-state index contributed by atoms with van der Waals surface area (Å²) in [6.45, 7) is 9.80. The second-order valence-corrected chi connectivity index (χ2v) is 10.7. The summed E-state index contributed by atoms with van der Waals surface area (Å²) in [6, 6.07) is 0.115. The first-order valence-corrected chi connectivity index (χ1v) is 12.9. The van der Waals surface area contributed by atoms with Crippen molar-refractivity contribution in [3.8, 4) is 5.88 Å². The molecule has 1 aliphatic heterocycles. The number of piperazine rings is 1. The van der Waals surface area contributed by atoms with Gasteiger partial charge in [-0.3, -0.25) is 9.59 Å². The third-order valence-electron chi connectivity index (χ3n) is 7.57. The molecular weight excluding hydrogens is 418 g/mol. The first-order valence-electron chi connectivity index (χ1n) is 12.9. The highest BCUT2D eigenvalue weighted by molar-refractivity contribution is 5.96. The van der Waals surface area contributed by atoms with E-state index >= 15 is 0 Å². The Bertz CT molecular complexity index is 805. The number of aromatic nitrogens is 2. The Hall–Kier alpha value is -2.09. The predicted octanol–water partition coefficient (Wildman–Crippen LogP) is 2.68. The summed E-state index contributed by atoms with van der Waals surface area (Å²) in [5, 5.41) is 10.9. The fourth-order valence-corrected chi connectivity index (χ4v) is 5.78. The van der Waals surface area contributed by atoms with E-state index in [1.165, 1.54) is 38.5 Å². The highest BCUT2D eigenvalue weighted by atomic mass is 16.5. The summed E-state index contributed by atoms with van der Waals surface area (Å²) < 4.78 is 7.58. The van der Waals surface area contributed by atoms with Crippen molar-refractivity contribution in [2.45, 2.75) is 71.9 Å². The minimum Gasteiger partial charge on any atom is -0.477 e. The van der Waals surface area contributed by atoms with E-state index in [0.717, 1.165) is 24.9 Å². The first kappa shape index (κ1) is 24.0. The summed E-state index contributed by atoms with van der Waals surface area (Å²) in [4.78, 5) is 27.9. The topological polar surface area (TPSA) is 88.5 Å². The van der Waals surface area contributed by atoms with Crippen molar-refractivity contribution in [1.29, 1.82) is 0 Å². The van der Waals surface area contributed by atoms with Gasteiger partial charge in [-0.05, 0) is 49.9 Å². The van der Waals surface area contributed by atoms with Gasteiger partial charge in [-0.25, -0.2) is 4.68 Å². The van der Waals surface area contributed by atoms with Crippen molar-refractivity contribution in [2.24, 2.45) is 23.7 Å². The number of hydrogen-bond acceptors (Lipinski definition) is 5. The monoisotopic (exact) mass is 459 g/mol. The average Bonchev–Trinajstić information content (AvgIpc) is 3.20.